The highest BCUT2D eigenvalue weighted by Crippen LogP contribution is 2.39. The standard InChI is InChI=1S/C18H26ClNS/c1-2-16(13-6-4-3-5-7-13)20-17-10-11-21-18-9-8-14(19)12-15(17)18/h8-9,12-13,16-17,20H,2-7,10-11H2,1H3. The Morgan fingerprint density at radius 2 is 2.05 bits per heavy atom. The molecular weight excluding hydrogens is 298 g/mol. The van der Waals surface area contributed by atoms with Crippen LogP contribution < -0.4 is 5.32 Å². The molecule has 2 aliphatic rings. The summed E-state index contributed by atoms with van der Waals surface area (Å²) in [7, 11) is 0. The van der Waals surface area contributed by atoms with Crippen LogP contribution in [0.3, 0.4) is 0 Å². The number of thioether (sulfide) groups is 1. The smallest absolute Gasteiger partial charge is 0.0410 e. The van der Waals surface area contributed by atoms with Crippen LogP contribution in [-0.2, 0) is 0 Å². The highest BCUT2D eigenvalue weighted by Gasteiger charge is 2.27. The quantitative estimate of drug-likeness (QED) is 0.748. The third kappa shape index (κ3) is 3.78. The van der Waals surface area contributed by atoms with Crippen LogP contribution in [-0.4, -0.2) is 11.8 Å². The van der Waals surface area contributed by atoms with E-state index in [1.807, 2.05) is 17.8 Å². The zero-order chi connectivity index (χ0) is 14.7. The summed E-state index contributed by atoms with van der Waals surface area (Å²) in [5, 5.41) is 4.86. The summed E-state index contributed by atoms with van der Waals surface area (Å²) in [6.45, 7) is 2.34. The van der Waals surface area contributed by atoms with Gasteiger partial charge in [0.2, 0.25) is 0 Å². The highest BCUT2D eigenvalue weighted by molar-refractivity contribution is 7.99. The molecule has 1 saturated carbocycles. The van der Waals surface area contributed by atoms with Gasteiger partial charge in [0.05, 0.1) is 0 Å². The van der Waals surface area contributed by atoms with Crippen LogP contribution in [0.15, 0.2) is 23.1 Å². The van der Waals surface area contributed by atoms with E-state index < -0.39 is 0 Å². The zero-order valence-corrected chi connectivity index (χ0v) is 14.5. The third-order valence-corrected chi connectivity index (χ3v) is 6.44. The molecular formula is C18H26ClNS. The maximum absolute atomic E-state index is 6.22. The third-order valence-electron chi connectivity index (χ3n) is 5.09. The van der Waals surface area contributed by atoms with Crippen molar-refractivity contribution in [1.82, 2.24) is 5.32 Å². The second kappa shape index (κ2) is 7.39. The Morgan fingerprint density at radius 3 is 2.81 bits per heavy atom. The van der Waals surface area contributed by atoms with Crippen LogP contribution in [0.1, 0.15) is 63.5 Å². The summed E-state index contributed by atoms with van der Waals surface area (Å²) in [4.78, 5) is 1.42. The van der Waals surface area contributed by atoms with Crippen molar-refractivity contribution in [2.24, 2.45) is 5.92 Å². The molecule has 0 aromatic heterocycles. The Labute approximate surface area is 138 Å². The second-order valence-corrected chi connectivity index (χ2v) is 8.02. The Hall–Kier alpha value is -0.180. The molecule has 1 aliphatic heterocycles. The van der Waals surface area contributed by atoms with Crippen molar-refractivity contribution in [3.05, 3.63) is 28.8 Å². The summed E-state index contributed by atoms with van der Waals surface area (Å²) in [6, 6.07) is 7.55. The molecule has 1 aromatic rings. The minimum atomic E-state index is 0.492. The Kier molecular flexibility index (Phi) is 5.53. The molecule has 2 unspecified atom stereocenters. The number of halogens is 1. The minimum Gasteiger partial charge on any atom is -0.307 e. The molecule has 3 rings (SSSR count). The fraction of sp³-hybridized carbons (Fsp3) is 0.667. The van der Waals surface area contributed by atoms with Gasteiger partial charge in [0, 0.05) is 22.0 Å². The molecule has 0 saturated heterocycles. The first-order chi connectivity index (χ1) is 10.3. The molecule has 1 fully saturated rings. The van der Waals surface area contributed by atoms with E-state index in [-0.39, 0.29) is 0 Å². The monoisotopic (exact) mass is 323 g/mol. The van der Waals surface area contributed by atoms with Gasteiger partial charge in [-0.1, -0.05) is 37.8 Å². The first kappa shape index (κ1) is 15.7. The summed E-state index contributed by atoms with van der Waals surface area (Å²) in [6.07, 6.45) is 9.57. The predicted molar refractivity (Wildman–Crippen MR) is 93.3 cm³/mol. The van der Waals surface area contributed by atoms with E-state index in [4.69, 9.17) is 11.6 Å². The second-order valence-electron chi connectivity index (χ2n) is 6.45. The number of benzene rings is 1. The fourth-order valence-corrected chi connectivity index (χ4v) is 5.21. The molecule has 0 amide bonds. The van der Waals surface area contributed by atoms with Crippen molar-refractivity contribution in [3.8, 4) is 0 Å². The van der Waals surface area contributed by atoms with Crippen molar-refractivity contribution in [1.29, 1.82) is 0 Å². The SMILES string of the molecule is CCC(NC1CCSc2ccc(Cl)cc21)C1CCCCC1. The van der Waals surface area contributed by atoms with Gasteiger partial charge in [-0.05, 0) is 61.1 Å². The lowest BCUT2D eigenvalue weighted by molar-refractivity contribution is 0.243. The van der Waals surface area contributed by atoms with Crippen LogP contribution in [0.2, 0.25) is 5.02 Å². The molecule has 1 nitrogen and oxygen atoms in total. The van der Waals surface area contributed by atoms with Crippen molar-refractivity contribution in [2.45, 2.75) is 68.8 Å². The Morgan fingerprint density at radius 1 is 1.24 bits per heavy atom. The molecule has 116 valence electrons. The van der Waals surface area contributed by atoms with Gasteiger partial charge >= 0.3 is 0 Å². The normalized spacial score (nSPS) is 24.6. The zero-order valence-electron chi connectivity index (χ0n) is 12.9. The van der Waals surface area contributed by atoms with E-state index in [0.717, 1.165) is 10.9 Å². The molecule has 2 atom stereocenters. The van der Waals surface area contributed by atoms with E-state index in [1.54, 1.807) is 0 Å². The van der Waals surface area contributed by atoms with E-state index in [0.29, 0.717) is 12.1 Å². The van der Waals surface area contributed by atoms with Gasteiger partial charge in [-0.2, -0.15) is 0 Å². The molecule has 1 aromatic carbocycles. The van der Waals surface area contributed by atoms with Gasteiger partial charge in [-0.15, -0.1) is 11.8 Å². The van der Waals surface area contributed by atoms with Crippen LogP contribution in [0.25, 0.3) is 0 Å². The molecule has 3 heteroatoms. The molecule has 21 heavy (non-hydrogen) atoms. The first-order valence-electron chi connectivity index (χ1n) is 8.46. The summed E-state index contributed by atoms with van der Waals surface area (Å²) >= 11 is 8.20. The molecule has 1 heterocycles. The van der Waals surface area contributed by atoms with Gasteiger partial charge in [-0.25, -0.2) is 0 Å². The first-order valence-corrected chi connectivity index (χ1v) is 9.82. The van der Waals surface area contributed by atoms with E-state index >= 15 is 0 Å². The number of hydrogen-bond donors (Lipinski definition) is 1. The van der Waals surface area contributed by atoms with E-state index in [9.17, 15) is 0 Å². The lowest BCUT2D eigenvalue weighted by Gasteiger charge is -2.35. The average Bonchev–Trinajstić information content (AvgIpc) is 2.53. The average molecular weight is 324 g/mol. The van der Waals surface area contributed by atoms with Crippen molar-refractivity contribution in [2.75, 3.05) is 5.75 Å². The maximum Gasteiger partial charge on any atom is 0.0410 e. The van der Waals surface area contributed by atoms with E-state index in [2.05, 4.69) is 24.4 Å². The molecule has 0 radical (unpaired) electrons. The number of hydrogen-bond acceptors (Lipinski definition) is 2. The van der Waals surface area contributed by atoms with Gasteiger partial charge in [0.1, 0.15) is 0 Å². The van der Waals surface area contributed by atoms with Crippen molar-refractivity contribution in [3.63, 3.8) is 0 Å². The van der Waals surface area contributed by atoms with Crippen LogP contribution >= 0.6 is 23.4 Å². The van der Waals surface area contributed by atoms with E-state index in [1.165, 1.54) is 61.2 Å². The summed E-state index contributed by atoms with van der Waals surface area (Å²) in [5.74, 6) is 2.09. The molecule has 1 aliphatic carbocycles. The Bertz CT molecular complexity index is 470. The molecule has 0 spiro atoms. The minimum absolute atomic E-state index is 0.492. The van der Waals surface area contributed by atoms with Gasteiger partial charge < -0.3 is 5.32 Å². The van der Waals surface area contributed by atoms with Gasteiger partial charge in [0.25, 0.3) is 0 Å². The topological polar surface area (TPSA) is 12.0 Å². The van der Waals surface area contributed by atoms with Gasteiger partial charge in [-0.3, -0.25) is 0 Å². The summed E-state index contributed by atoms with van der Waals surface area (Å²) < 4.78 is 0. The number of nitrogens with one attached hydrogen (secondary N) is 1. The predicted octanol–water partition coefficient (Wildman–Crippen LogP) is 5.83. The Balaban J connectivity index is 1.73. The van der Waals surface area contributed by atoms with Gasteiger partial charge in [0.15, 0.2) is 0 Å². The molecule has 0 bridgehead atoms. The maximum atomic E-state index is 6.22. The van der Waals surface area contributed by atoms with Crippen molar-refractivity contribution >= 4 is 23.4 Å². The molecule has 1 N–H and O–H groups in total. The largest absolute Gasteiger partial charge is 0.307 e. The van der Waals surface area contributed by atoms with Crippen LogP contribution in [0.5, 0.6) is 0 Å². The van der Waals surface area contributed by atoms with Crippen LogP contribution in [0, 0.1) is 5.92 Å². The summed E-state index contributed by atoms with van der Waals surface area (Å²) in [5.41, 5.74) is 1.42. The van der Waals surface area contributed by atoms with Crippen molar-refractivity contribution < 1.29 is 0 Å². The van der Waals surface area contributed by atoms with Crippen LogP contribution in [0.4, 0.5) is 0 Å². The highest BCUT2D eigenvalue weighted by atomic mass is 35.5. The fourth-order valence-electron chi connectivity index (χ4n) is 3.92. The number of rotatable bonds is 4. The lowest BCUT2D eigenvalue weighted by Crippen LogP contribution is -2.40. The number of fused-ring (bicyclic) bond motifs is 1. The lowest BCUT2D eigenvalue weighted by atomic mass is 9.82.